The Hall–Kier alpha value is -6.91. The summed E-state index contributed by atoms with van der Waals surface area (Å²) >= 11 is 0. The number of aryl methyl sites for hydroxylation is 1. The highest BCUT2D eigenvalue weighted by molar-refractivity contribution is 5.95. The molecule has 2 aromatic carbocycles. The molecule has 6 aromatic rings. The summed E-state index contributed by atoms with van der Waals surface area (Å²) in [5.41, 5.74) is 6.58. The molecule has 0 radical (unpaired) electrons. The number of fused-ring (bicyclic) bond motifs is 1. The van der Waals surface area contributed by atoms with Crippen molar-refractivity contribution in [1.29, 1.82) is 0 Å². The van der Waals surface area contributed by atoms with Crippen LogP contribution in [0.1, 0.15) is 79.5 Å². The molecule has 4 N–H and O–H groups in total. The van der Waals surface area contributed by atoms with Crippen molar-refractivity contribution in [1.82, 2.24) is 55.1 Å². The monoisotopic (exact) mass is 799 g/mol. The zero-order chi connectivity index (χ0) is 41.4. The zero-order valence-corrected chi connectivity index (χ0v) is 33.2. The average Bonchev–Trinajstić information content (AvgIpc) is 4.09. The molecule has 2 aliphatic heterocycles. The second kappa shape index (κ2) is 16.2. The second-order valence-electron chi connectivity index (χ2n) is 15.4. The molecule has 3 atom stereocenters. The lowest BCUT2D eigenvalue weighted by molar-refractivity contribution is -0.138. The van der Waals surface area contributed by atoms with Crippen LogP contribution in [-0.4, -0.2) is 111 Å². The zero-order valence-electron chi connectivity index (χ0n) is 33.2. The Kier molecular flexibility index (Phi) is 10.7. The number of hydrogen-bond donors (Lipinski definition) is 4. The normalized spacial score (nSPS) is 17.2. The number of likely N-dealkylation sites (tertiary alicyclic amines) is 2. The Bertz CT molecular complexity index is 2520. The number of aromatic amines is 2. The smallest absolute Gasteiger partial charge is 0.407 e. The van der Waals surface area contributed by atoms with Gasteiger partial charge in [-0.2, -0.15) is 0 Å². The van der Waals surface area contributed by atoms with Crippen LogP contribution >= 0.6 is 0 Å². The average molecular weight is 800 g/mol. The molecule has 0 aliphatic carbocycles. The standard InChI is InChI=1S/C42H45N11O6/c1-23(2)37(51(4)42(57)58)41(56)53-16-6-8-35(53)39-44-20-32(48-39)26-11-9-25(10-12-26)31-19-43-29-18-27(13-14-28(29)47-31)33-21-45-38(49-33)34-7-5-15-52(34)36(54)22-46-40(55)30-17-24(3)59-50-30/h9-14,17-21,23,34-35,37H,5-8,15-16,22H2,1-4H3,(H,44,48)(H,45,49)(H,46,55)(H,57,58)/t34-,35-,37-/m0/s1. The number of carboxylic acid groups (broad SMARTS) is 1. The van der Waals surface area contributed by atoms with Gasteiger partial charge in [0, 0.05) is 37.3 Å². The Labute approximate surface area is 339 Å². The minimum atomic E-state index is -1.13. The number of carbonyl (C=O) groups is 4. The van der Waals surface area contributed by atoms with Crippen LogP contribution in [0.3, 0.4) is 0 Å². The Morgan fingerprint density at radius 1 is 0.847 bits per heavy atom. The van der Waals surface area contributed by atoms with Crippen LogP contribution in [0.2, 0.25) is 0 Å². The van der Waals surface area contributed by atoms with Crippen LogP contribution in [0, 0.1) is 12.8 Å². The molecule has 2 saturated heterocycles. The van der Waals surface area contributed by atoms with Gasteiger partial charge in [-0.25, -0.2) is 19.7 Å². The summed E-state index contributed by atoms with van der Waals surface area (Å²) in [6, 6.07) is 14.0. The SMILES string of the molecule is Cc1cc(C(=O)NCC(=O)N2CCC[C@H]2c2ncc(-c3ccc4nc(-c5ccc(-c6cnc([C@@H]7CCCN7C(=O)[C@H](C(C)C)N(C)C(=O)O)[nH]6)cc5)cnc4c3)[nH]2)no1. The summed E-state index contributed by atoms with van der Waals surface area (Å²) in [4.78, 5) is 81.2. The third kappa shape index (κ3) is 7.87. The predicted molar refractivity (Wildman–Crippen MR) is 216 cm³/mol. The van der Waals surface area contributed by atoms with Gasteiger partial charge in [0.05, 0.1) is 65.3 Å². The molecule has 304 valence electrons. The minimum Gasteiger partial charge on any atom is -0.465 e. The lowest BCUT2D eigenvalue weighted by atomic mass is 10.0. The summed E-state index contributed by atoms with van der Waals surface area (Å²) in [5.74, 6) is 0.807. The van der Waals surface area contributed by atoms with Gasteiger partial charge in [-0.05, 0) is 56.2 Å². The first kappa shape index (κ1) is 38.9. The Morgan fingerprint density at radius 2 is 1.47 bits per heavy atom. The van der Waals surface area contributed by atoms with Gasteiger partial charge in [-0.1, -0.05) is 49.3 Å². The van der Waals surface area contributed by atoms with E-state index in [0.29, 0.717) is 36.0 Å². The van der Waals surface area contributed by atoms with Crippen molar-refractivity contribution >= 4 is 34.8 Å². The van der Waals surface area contributed by atoms with Crippen LogP contribution < -0.4 is 5.32 Å². The van der Waals surface area contributed by atoms with Crippen molar-refractivity contribution in [2.45, 2.75) is 64.6 Å². The number of aromatic nitrogens is 7. The molecular formula is C42H45N11O6. The van der Waals surface area contributed by atoms with E-state index < -0.39 is 18.0 Å². The van der Waals surface area contributed by atoms with Gasteiger partial charge in [0.2, 0.25) is 11.8 Å². The molecule has 0 unspecified atom stereocenters. The highest BCUT2D eigenvalue weighted by atomic mass is 16.5. The molecule has 0 bridgehead atoms. The number of carbonyl (C=O) groups excluding carboxylic acids is 3. The van der Waals surface area contributed by atoms with Crippen LogP contribution in [0.15, 0.2) is 71.6 Å². The van der Waals surface area contributed by atoms with E-state index in [9.17, 15) is 24.3 Å². The number of benzene rings is 2. The fourth-order valence-electron chi connectivity index (χ4n) is 8.12. The molecule has 17 nitrogen and oxygen atoms in total. The fraction of sp³-hybridized carbons (Fsp3) is 0.357. The van der Waals surface area contributed by atoms with Crippen LogP contribution in [-0.2, 0) is 9.59 Å². The molecule has 17 heteroatoms. The summed E-state index contributed by atoms with van der Waals surface area (Å²) in [6.07, 6.45) is 7.25. The summed E-state index contributed by atoms with van der Waals surface area (Å²) < 4.78 is 4.96. The molecule has 4 amide bonds. The molecule has 4 aromatic heterocycles. The fourth-order valence-corrected chi connectivity index (χ4v) is 8.12. The van der Waals surface area contributed by atoms with Crippen molar-refractivity contribution in [2.24, 2.45) is 5.92 Å². The quantitative estimate of drug-likeness (QED) is 0.123. The summed E-state index contributed by atoms with van der Waals surface area (Å²) in [5, 5.41) is 15.9. The van der Waals surface area contributed by atoms with Gasteiger partial charge in [0.15, 0.2) is 5.69 Å². The van der Waals surface area contributed by atoms with E-state index in [1.807, 2.05) is 56.3 Å². The summed E-state index contributed by atoms with van der Waals surface area (Å²) in [6.45, 7) is 6.36. The first-order valence-electron chi connectivity index (χ1n) is 19.7. The molecule has 0 saturated carbocycles. The van der Waals surface area contributed by atoms with Crippen molar-refractivity contribution in [3.63, 3.8) is 0 Å². The van der Waals surface area contributed by atoms with Gasteiger partial charge in [0.1, 0.15) is 23.5 Å². The van der Waals surface area contributed by atoms with E-state index in [0.717, 1.165) is 69.9 Å². The predicted octanol–water partition coefficient (Wildman–Crippen LogP) is 5.76. The molecule has 8 rings (SSSR count). The maximum absolute atomic E-state index is 13.6. The van der Waals surface area contributed by atoms with Crippen LogP contribution in [0.25, 0.3) is 44.8 Å². The van der Waals surface area contributed by atoms with Gasteiger partial charge in [0.25, 0.3) is 5.91 Å². The molecule has 6 heterocycles. The first-order chi connectivity index (χ1) is 28.4. The van der Waals surface area contributed by atoms with E-state index >= 15 is 0 Å². The number of nitrogens with zero attached hydrogens (tertiary/aromatic N) is 8. The van der Waals surface area contributed by atoms with Crippen LogP contribution in [0.4, 0.5) is 4.79 Å². The van der Waals surface area contributed by atoms with E-state index in [2.05, 4.69) is 30.4 Å². The van der Waals surface area contributed by atoms with Crippen molar-refractivity contribution in [2.75, 3.05) is 26.7 Å². The maximum Gasteiger partial charge on any atom is 0.407 e. The number of imidazole rings is 2. The van der Waals surface area contributed by atoms with Crippen molar-refractivity contribution in [3.8, 4) is 33.8 Å². The van der Waals surface area contributed by atoms with Crippen LogP contribution in [0.5, 0.6) is 0 Å². The minimum absolute atomic E-state index is 0.131. The van der Waals surface area contributed by atoms with Crippen molar-refractivity contribution in [3.05, 3.63) is 90.2 Å². The largest absolute Gasteiger partial charge is 0.465 e. The van der Waals surface area contributed by atoms with E-state index in [-0.39, 0.29) is 42.1 Å². The molecule has 2 fully saturated rings. The molecule has 2 aliphatic rings. The maximum atomic E-state index is 13.6. The molecule has 59 heavy (non-hydrogen) atoms. The Morgan fingerprint density at radius 3 is 2.12 bits per heavy atom. The highest BCUT2D eigenvalue weighted by Crippen LogP contribution is 2.35. The molecular weight excluding hydrogens is 755 g/mol. The number of H-pyrrole nitrogens is 2. The van der Waals surface area contributed by atoms with Gasteiger partial charge < -0.3 is 34.7 Å². The Balaban J connectivity index is 0.918. The van der Waals surface area contributed by atoms with Gasteiger partial charge >= 0.3 is 6.09 Å². The lowest BCUT2D eigenvalue weighted by Crippen LogP contribution is -2.51. The lowest BCUT2D eigenvalue weighted by Gasteiger charge is -2.33. The second-order valence-corrected chi connectivity index (χ2v) is 15.4. The number of rotatable bonds is 11. The highest BCUT2D eigenvalue weighted by Gasteiger charge is 2.39. The van der Waals surface area contributed by atoms with Gasteiger partial charge in [-0.15, -0.1) is 0 Å². The topological polar surface area (TPSA) is 219 Å². The van der Waals surface area contributed by atoms with Crippen molar-refractivity contribution < 1.29 is 28.8 Å². The number of nitrogens with one attached hydrogen (secondary N) is 3. The number of hydrogen-bond acceptors (Lipinski definition) is 10. The van der Waals surface area contributed by atoms with E-state index in [1.54, 1.807) is 35.3 Å². The van der Waals surface area contributed by atoms with E-state index in [4.69, 9.17) is 14.5 Å². The van der Waals surface area contributed by atoms with E-state index in [1.165, 1.54) is 13.1 Å². The molecule has 0 spiro atoms. The number of amides is 4. The third-order valence-electron chi connectivity index (χ3n) is 11.1. The third-order valence-corrected chi connectivity index (χ3v) is 11.1. The summed E-state index contributed by atoms with van der Waals surface area (Å²) in [7, 11) is 1.44. The van der Waals surface area contributed by atoms with Gasteiger partial charge in [-0.3, -0.25) is 24.3 Å². The number of likely N-dealkylation sites (N-methyl/N-ethyl adjacent to an activating group) is 1. The first-order valence-corrected chi connectivity index (χ1v) is 19.7.